The fourth-order valence-corrected chi connectivity index (χ4v) is 2.63. The maximum absolute atomic E-state index is 11.7. The van der Waals surface area contributed by atoms with Gasteiger partial charge in [-0.2, -0.15) is 5.10 Å². The van der Waals surface area contributed by atoms with Gasteiger partial charge in [-0.05, 0) is 23.3 Å². The lowest BCUT2D eigenvalue weighted by molar-refractivity contribution is -0.122. The van der Waals surface area contributed by atoms with Gasteiger partial charge in [0, 0.05) is 25.1 Å². The van der Waals surface area contributed by atoms with Gasteiger partial charge in [-0.15, -0.1) is 0 Å². The summed E-state index contributed by atoms with van der Waals surface area (Å²) in [4.78, 5) is 24.6. The van der Waals surface area contributed by atoms with E-state index in [4.69, 9.17) is 0 Å². The number of amides is 2. The zero-order valence-electron chi connectivity index (χ0n) is 10.9. The number of fused-ring (bicyclic) bond motifs is 1. The lowest BCUT2D eigenvalue weighted by Gasteiger charge is -2.19. The van der Waals surface area contributed by atoms with Crippen LogP contribution in [0.15, 0.2) is 23.3 Å². The van der Waals surface area contributed by atoms with E-state index in [0.29, 0.717) is 12.8 Å². The van der Waals surface area contributed by atoms with Crippen molar-refractivity contribution in [2.45, 2.75) is 19.8 Å². The monoisotopic (exact) mass is 257 g/mol. The summed E-state index contributed by atoms with van der Waals surface area (Å²) in [7, 11) is 1.79. The molecule has 0 radical (unpaired) electrons. The molecule has 1 unspecified atom stereocenters. The van der Waals surface area contributed by atoms with Crippen LogP contribution in [0.2, 0.25) is 0 Å². The van der Waals surface area contributed by atoms with E-state index < -0.39 is 0 Å². The second kappa shape index (κ2) is 4.19. The summed E-state index contributed by atoms with van der Waals surface area (Å²) in [6.45, 7) is 1.99. The average molecular weight is 257 g/mol. The van der Waals surface area contributed by atoms with Crippen molar-refractivity contribution in [3.63, 3.8) is 0 Å². The summed E-state index contributed by atoms with van der Waals surface area (Å²) in [5.74, 6) is 0.160. The van der Waals surface area contributed by atoms with Crippen LogP contribution in [0.4, 0.5) is 5.69 Å². The SMILES string of the molecule is CC1CC(=O)NN=C1c1ccc2c(c1)CC(=O)N2C. The lowest BCUT2D eigenvalue weighted by atomic mass is 9.93. The summed E-state index contributed by atoms with van der Waals surface area (Å²) in [6, 6.07) is 5.91. The van der Waals surface area contributed by atoms with E-state index >= 15 is 0 Å². The molecule has 1 atom stereocenters. The first kappa shape index (κ1) is 11.9. The van der Waals surface area contributed by atoms with Gasteiger partial charge >= 0.3 is 0 Å². The minimum atomic E-state index is -0.0488. The number of anilines is 1. The Balaban J connectivity index is 1.98. The Kier molecular flexibility index (Phi) is 2.62. The highest BCUT2D eigenvalue weighted by Crippen LogP contribution is 2.29. The van der Waals surface area contributed by atoms with Crippen LogP contribution < -0.4 is 10.3 Å². The number of benzene rings is 1. The van der Waals surface area contributed by atoms with Gasteiger partial charge in [-0.25, -0.2) is 5.43 Å². The Morgan fingerprint density at radius 3 is 2.89 bits per heavy atom. The summed E-state index contributed by atoms with van der Waals surface area (Å²) >= 11 is 0. The Labute approximate surface area is 111 Å². The third-order valence-corrected chi connectivity index (χ3v) is 3.71. The van der Waals surface area contributed by atoms with Crippen molar-refractivity contribution in [3.8, 4) is 0 Å². The molecule has 98 valence electrons. The molecule has 0 saturated carbocycles. The molecular formula is C14H15N3O2. The molecule has 0 spiro atoms. The fraction of sp³-hybridized carbons (Fsp3) is 0.357. The quantitative estimate of drug-likeness (QED) is 0.818. The predicted molar refractivity (Wildman–Crippen MR) is 72.0 cm³/mol. The van der Waals surface area contributed by atoms with Gasteiger partial charge in [-0.1, -0.05) is 13.0 Å². The van der Waals surface area contributed by atoms with Crippen molar-refractivity contribution in [2.75, 3.05) is 11.9 Å². The fourth-order valence-electron chi connectivity index (χ4n) is 2.63. The average Bonchev–Trinajstić information content (AvgIpc) is 2.64. The van der Waals surface area contributed by atoms with Gasteiger partial charge in [-0.3, -0.25) is 9.59 Å². The Morgan fingerprint density at radius 2 is 2.16 bits per heavy atom. The van der Waals surface area contributed by atoms with Gasteiger partial charge in [0.05, 0.1) is 12.1 Å². The number of likely N-dealkylation sites (N-methyl/N-ethyl adjacent to an activating group) is 1. The first-order valence-corrected chi connectivity index (χ1v) is 6.32. The van der Waals surface area contributed by atoms with E-state index in [1.807, 2.05) is 25.1 Å². The molecule has 5 nitrogen and oxygen atoms in total. The summed E-state index contributed by atoms with van der Waals surface area (Å²) in [6.07, 6.45) is 0.891. The highest BCUT2D eigenvalue weighted by molar-refractivity contribution is 6.07. The maximum Gasteiger partial charge on any atom is 0.240 e. The molecular weight excluding hydrogens is 242 g/mol. The number of hydrogen-bond acceptors (Lipinski definition) is 3. The van der Waals surface area contributed by atoms with Crippen LogP contribution >= 0.6 is 0 Å². The number of nitrogens with zero attached hydrogens (tertiary/aromatic N) is 2. The molecule has 0 fully saturated rings. The van der Waals surface area contributed by atoms with Crippen LogP contribution in [0.3, 0.4) is 0 Å². The summed E-state index contributed by atoms with van der Waals surface area (Å²) < 4.78 is 0. The maximum atomic E-state index is 11.7. The molecule has 0 saturated heterocycles. The van der Waals surface area contributed by atoms with E-state index in [2.05, 4.69) is 10.5 Å². The Morgan fingerprint density at radius 1 is 1.37 bits per heavy atom. The van der Waals surface area contributed by atoms with Gasteiger partial charge in [0.1, 0.15) is 0 Å². The van der Waals surface area contributed by atoms with Gasteiger partial charge in [0.15, 0.2) is 0 Å². The molecule has 1 N–H and O–H groups in total. The zero-order valence-corrected chi connectivity index (χ0v) is 10.9. The van der Waals surface area contributed by atoms with Crippen molar-refractivity contribution in [1.82, 2.24) is 5.43 Å². The van der Waals surface area contributed by atoms with Crippen molar-refractivity contribution < 1.29 is 9.59 Å². The number of hydrogen-bond donors (Lipinski definition) is 1. The lowest BCUT2D eigenvalue weighted by Crippen LogP contribution is -2.32. The molecule has 2 aliphatic heterocycles. The third-order valence-electron chi connectivity index (χ3n) is 3.71. The molecule has 1 aromatic carbocycles. The molecule has 2 aliphatic rings. The first-order valence-electron chi connectivity index (χ1n) is 6.32. The largest absolute Gasteiger partial charge is 0.315 e. The van der Waals surface area contributed by atoms with Crippen LogP contribution in [-0.2, 0) is 16.0 Å². The number of hydrazone groups is 1. The number of carbonyl (C=O) groups excluding carboxylic acids is 2. The Hall–Kier alpha value is -2.17. The van der Waals surface area contributed by atoms with Crippen molar-refractivity contribution in [3.05, 3.63) is 29.3 Å². The molecule has 0 bridgehead atoms. The van der Waals surface area contributed by atoms with Gasteiger partial charge in [0.2, 0.25) is 11.8 Å². The molecule has 0 aromatic heterocycles. The zero-order chi connectivity index (χ0) is 13.6. The van der Waals surface area contributed by atoms with E-state index in [-0.39, 0.29) is 17.7 Å². The number of rotatable bonds is 1. The number of nitrogens with one attached hydrogen (secondary N) is 1. The molecule has 2 heterocycles. The van der Waals surface area contributed by atoms with Crippen LogP contribution in [0.1, 0.15) is 24.5 Å². The second-order valence-corrected chi connectivity index (χ2v) is 5.11. The summed E-state index contributed by atoms with van der Waals surface area (Å²) in [5, 5.41) is 4.14. The van der Waals surface area contributed by atoms with Crippen molar-refractivity contribution >= 4 is 23.2 Å². The van der Waals surface area contributed by atoms with E-state index in [9.17, 15) is 9.59 Å². The van der Waals surface area contributed by atoms with E-state index in [1.165, 1.54) is 0 Å². The van der Waals surface area contributed by atoms with Crippen LogP contribution in [0.5, 0.6) is 0 Å². The highest BCUT2D eigenvalue weighted by Gasteiger charge is 2.26. The van der Waals surface area contributed by atoms with Gasteiger partial charge < -0.3 is 4.90 Å². The smallest absolute Gasteiger partial charge is 0.240 e. The standard InChI is InChI=1S/C14H15N3O2/c1-8-5-12(18)15-16-14(8)9-3-4-11-10(6-9)7-13(19)17(11)2/h3-4,6,8H,5,7H2,1-2H3,(H,15,18). The van der Waals surface area contributed by atoms with Gasteiger partial charge in [0.25, 0.3) is 0 Å². The van der Waals surface area contributed by atoms with Crippen LogP contribution in [0, 0.1) is 5.92 Å². The van der Waals surface area contributed by atoms with Crippen LogP contribution in [0.25, 0.3) is 0 Å². The molecule has 2 amide bonds. The Bertz CT molecular complexity index is 607. The minimum absolute atomic E-state index is 0.0488. The molecule has 3 rings (SSSR count). The number of carbonyl (C=O) groups is 2. The van der Waals surface area contributed by atoms with Crippen molar-refractivity contribution in [2.24, 2.45) is 11.0 Å². The van der Waals surface area contributed by atoms with Crippen molar-refractivity contribution in [1.29, 1.82) is 0 Å². The molecule has 1 aromatic rings. The molecule has 0 aliphatic carbocycles. The van der Waals surface area contributed by atoms with Crippen LogP contribution in [-0.4, -0.2) is 24.6 Å². The predicted octanol–water partition coefficient (Wildman–Crippen LogP) is 1.07. The van der Waals surface area contributed by atoms with E-state index in [1.54, 1.807) is 11.9 Å². The topological polar surface area (TPSA) is 61.8 Å². The normalized spacial score (nSPS) is 22.1. The first-order chi connectivity index (χ1) is 9.06. The second-order valence-electron chi connectivity index (χ2n) is 5.11. The highest BCUT2D eigenvalue weighted by atomic mass is 16.2. The summed E-state index contributed by atoms with van der Waals surface area (Å²) in [5.41, 5.74) is 6.36. The van der Waals surface area contributed by atoms with E-state index in [0.717, 1.165) is 22.5 Å². The molecule has 5 heteroatoms. The molecule has 19 heavy (non-hydrogen) atoms. The minimum Gasteiger partial charge on any atom is -0.315 e. The third kappa shape index (κ3) is 1.91.